The summed E-state index contributed by atoms with van der Waals surface area (Å²) < 4.78 is 0.434. The van der Waals surface area contributed by atoms with Crippen LogP contribution in [0.15, 0.2) is 0 Å². The molecule has 0 aliphatic rings. The van der Waals surface area contributed by atoms with E-state index in [4.69, 9.17) is 5.11 Å². The SMILES string of the molecule is OCCCCCNC(=S)[S-].[Na+]. The van der Waals surface area contributed by atoms with Crippen molar-refractivity contribution in [3.8, 4) is 0 Å². The Labute approximate surface area is 101 Å². The number of nitrogens with one attached hydrogen (secondary N) is 1. The van der Waals surface area contributed by atoms with Crippen LogP contribution in [-0.4, -0.2) is 22.6 Å². The van der Waals surface area contributed by atoms with Gasteiger partial charge in [-0.15, -0.1) is 0 Å². The van der Waals surface area contributed by atoms with Crippen LogP contribution >= 0.6 is 12.2 Å². The molecule has 0 aliphatic carbocycles. The third-order valence-corrected chi connectivity index (χ3v) is 1.39. The van der Waals surface area contributed by atoms with Gasteiger partial charge in [-0.25, -0.2) is 0 Å². The fourth-order valence-corrected chi connectivity index (χ4v) is 0.808. The van der Waals surface area contributed by atoms with Crippen molar-refractivity contribution in [2.75, 3.05) is 13.2 Å². The van der Waals surface area contributed by atoms with Crippen LogP contribution in [0.25, 0.3) is 0 Å². The molecule has 0 fully saturated rings. The van der Waals surface area contributed by atoms with Gasteiger partial charge in [-0.1, -0.05) is 4.32 Å². The first-order valence-electron chi connectivity index (χ1n) is 3.33. The van der Waals surface area contributed by atoms with E-state index in [0.29, 0.717) is 4.32 Å². The number of rotatable bonds is 5. The molecule has 0 unspecified atom stereocenters. The van der Waals surface area contributed by atoms with Crippen LogP contribution in [-0.2, 0) is 12.6 Å². The number of unbranched alkanes of at least 4 members (excludes halogenated alkanes) is 2. The van der Waals surface area contributed by atoms with Crippen molar-refractivity contribution in [2.45, 2.75) is 19.3 Å². The smallest absolute Gasteiger partial charge is 0.412 e. The minimum Gasteiger partial charge on any atom is -0.412 e. The third kappa shape index (κ3) is 14.0. The van der Waals surface area contributed by atoms with Gasteiger partial charge < -0.3 is 35.3 Å². The molecule has 60 valence electrons. The molecule has 0 atom stereocenters. The molecule has 0 aromatic carbocycles. The summed E-state index contributed by atoms with van der Waals surface area (Å²) in [5.74, 6) is 0. The molecule has 0 spiro atoms. The van der Waals surface area contributed by atoms with E-state index < -0.39 is 0 Å². The summed E-state index contributed by atoms with van der Waals surface area (Å²) in [5, 5.41) is 11.3. The summed E-state index contributed by atoms with van der Waals surface area (Å²) in [7, 11) is 0. The zero-order valence-corrected chi connectivity index (χ0v) is 10.4. The number of hydrogen-bond acceptors (Lipinski definition) is 3. The van der Waals surface area contributed by atoms with Crippen LogP contribution in [0.3, 0.4) is 0 Å². The van der Waals surface area contributed by atoms with Crippen molar-refractivity contribution in [1.29, 1.82) is 0 Å². The topological polar surface area (TPSA) is 32.3 Å². The van der Waals surface area contributed by atoms with Crippen molar-refractivity contribution < 1.29 is 34.7 Å². The molecule has 0 saturated carbocycles. The maximum Gasteiger partial charge on any atom is 1.00 e. The molecule has 0 radical (unpaired) electrons. The summed E-state index contributed by atoms with van der Waals surface area (Å²) in [6, 6.07) is 0. The molecule has 0 amide bonds. The largest absolute Gasteiger partial charge is 1.00 e. The summed E-state index contributed by atoms with van der Waals surface area (Å²) in [4.78, 5) is 0. The molecule has 0 aromatic heterocycles. The summed E-state index contributed by atoms with van der Waals surface area (Å²) in [5.41, 5.74) is 0. The second-order valence-electron chi connectivity index (χ2n) is 2.00. The molecule has 0 bridgehead atoms. The molecular weight excluding hydrogens is 189 g/mol. The number of hydrogen-bond donors (Lipinski definition) is 2. The predicted molar refractivity (Wildman–Crippen MR) is 48.9 cm³/mol. The number of aliphatic hydroxyl groups excluding tert-OH is 1. The Morgan fingerprint density at radius 2 is 2.00 bits per heavy atom. The molecule has 2 nitrogen and oxygen atoms in total. The van der Waals surface area contributed by atoms with Crippen LogP contribution in [0.2, 0.25) is 0 Å². The molecule has 11 heavy (non-hydrogen) atoms. The quantitative estimate of drug-likeness (QED) is 0.224. The van der Waals surface area contributed by atoms with Crippen LogP contribution in [0.4, 0.5) is 0 Å². The molecule has 0 aliphatic heterocycles. The van der Waals surface area contributed by atoms with Gasteiger partial charge in [0.25, 0.3) is 0 Å². The standard InChI is InChI=1S/C6H13NOS2.Na/c8-5-3-1-2-4-7-6(9)10;/h8H,1-5H2,(H2,7,9,10);/q;+1/p-1. The van der Waals surface area contributed by atoms with Gasteiger partial charge in [-0.05, 0) is 19.3 Å². The van der Waals surface area contributed by atoms with E-state index in [-0.39, 0.29) is 36.2 Å². The van der Waals surface area contributed by atoms with Gasteiger partial charge in [0.15, 0.2) is 0 Å². The molecule has 0 rings (SSSR count). The maximum absolute atomic E-state index is 8.41. The Morgan fingerprint density at radius 1 is 1.36 bits per heavy atom. The van der Waals surface area contributed by atoms with Crippen LogP contribution in [0.1, 0.15) is 19.3 Å². The van der Waals surface area contributed by atoms with E-state index in [1.54, 1.807) is 0 Å². The van der Waals surface area contributed by atoms with Crippen molar-refractivity contribution >= 4 is 29.2 Å². The van der Waals surface area contributed by atoms with Gasteiger partial charge in [0.05, 0.1) is 0 Å². The van der Waals surface area contributed by atoms with Gasteiger partial charge in [0.1, 0.15) is 0 Å². The monoisotopic (exact) mass is 201 g/mol. The Hall–Kier alpha value is 1.07. The third-order valence-electron chi connectivity index (χ3n) is 1.10. The predicted octanol–water partition coefficient (Wildman–Crippen LogP) is -2.43. The number of aliphatic hydroxyl groups is 1. The normalized spacial score (nSPS) is 8.45. The van der Waals surface area contributed by atoms with Crippen LogP contribution in [0, 0.1) is 0 Å². The van der Waals surface area contributed by atoms with Crippen LogP contribution < -0.4 is 34.9 Å². The maximum atomic E-state index is 8.41. The number of thiocarbonyl (C=S) groups is 1. The van der Waals surface area contributed by atoms with Gasteiger partial charge in [-0.2, -0.15) is 0 Å². The summed E-state index contributed by atoms with van der Waals surface area (Å²) >= 11 is 9.26. The molecular formula is C6H12NNaOS2. The molecule has 5 heteroatoms. The van der Waals surface area contributed by atoms with E-state index >= 15 is 0 Å². The van der Waals surface area contributed by atoms with Crippen LogP contribution in [0.5, 0.6) is 0 Å². The molecule has 0 saturated heterocycles. The van der Waals surface area contributed by atoms with Crippen molar-refractivity contribution in [3.63, 3.8) is 0 Å². The Morgan fingerprint density at radius 3 is 2.45 bits per heavy atom. The zero-order chi connectivity index (χ0) is 7.82. The second kappa shape index (κ2) is 11.1. The van der Waals surface area contributed by atoms with Gasteiger partial charge >= 0.3 is 29.6 Å². The second-order valence-corrected chi connectivity index (χ2v) is 3.07. The van der Waals surface area contributed by atoms with Gasteiger partial charge in [0.2, 0.25) is 0 Å². The zero-order valence-electron chi connectivity index (χ0n) is 6.80. The molecule has 2 N–H and O–H groups in total. The first-order valence-corrected chi connectivity index (χ1v) is 4.14. The Kier molecular flexibility index (Phi) is 14.7. The van der Waals surface area contributed by atoms with Gasteiger partial charge in [0, 0.05) is 13.2 Å². The average molecular weight is 201 g/mol. The average Bonchev–Trinajstić information content (AvgIpc) is 1.87. The van der Waals surface area contributed by atoms with Crippen molar-refractivity contribution in [3.05, 3.63) is 0 Å². The fourth-order valence-electron chi connectivity index (χ4n) is 0.604. The summed E-state index contributed by atoms with van der Waals surface area (Å²) in [6.07, 6.45) is 2.92. The summed E-state index contributed by atoms with van der Waals surface area (Å²) in [6.45, 7) is 1.11. The van der Waals surface area contributed by atoms with E-state index in [1.807, 2.05) is 0 Å². The first-order chi connectivity index (χ1) is 4.77. The van der Waals surface area contributed by atoms with Crippen molar-refractivity contribution in [1.82, 2.24) is 5.32 Å². The minimum absolute atomic E-state index is 0. The molecule has 0 heterocycles. The Bertz CT molecular complexity index is 103. The van der Waals surface area contributed by atoms with E-state index in [1.165, 1.54) is 0 Å². The van der Waals surface area contributed by atoms with Crippen molar-refractivity contribution in [2.24, 2.45) is 0 Å². The van der Waals surface area contributed by atoms with E-state index in [0.717, 1.165) is 25.8 Å². The minimum atomic E-state index is 0. The Balaban J connectivity index is 0. The van der Waals surface area contributed by atoms with Gasteiger partial charge in [-0.3, -0.25) is 0 Å². The fraction of sp³-hybridized carbons (Fsp3) is 0.833. The molecule has 0 aromatic rings. The van der Waals surface area contributed by atoms with E-state index in [9.17, 15) is 0 Å². The first kappa shape index (κ1) is 14.6. The van der Waals surface area contributed by atoms with E-state index in [2.05, 4.69) is 30.2 Å².